The molecule has 0 bridgehead atoms. The molecule has 1 heterocycles. The zero-order valence-electron chi connectivity index (χ0n) is 14.4. The molecule has 6 nitrogen and oxygen atoms in total. The van der Waals surface area contributed by atoms with Crippen LogP contribution in [0.4, 0.5) is 18.0 Å². The van der Waals surface area contributed by atoms with Gasteiger partial charge in [0.1, 0.15) is 29.6 Å². The SMILES string of the molecule is CC(C)(C)OC(=O)N(COC(=O)c1coc2ccccc12)CC(F)(F)F. The van der Waals surface area contributed by atoms with Gasteiger partial charge in [-0.1, -0.05) is 18.2 Å². The van der Waals surface area contributed by atoms with Crippen LogP contribution in [0.1, 0.15) is 31.1 Å². The Morgan fingerprint density at radius 2 is 1.81 bits per heavy atom. The van der Waals surface area contributed by atoms with Crippen LogP contribution in [0.5, 0.6) is 0 Å². The maximum Gasteiger partial charge on any atom is 0.413 e. The maximum absolute atomic E-state index is 12.7. The number of hydrogen-bond donors (Lipinski definition) is 0. The van der Waals surface area contributed by atoms with E-state index in [0.717, 1.165) is 6.26 Å². The first-order valence-corrected chi connectivity index (χ1v) is 7.64. The lowest BCUT2D eigenvalue weighted by atomic mass is 10.2. The van der Waals surface area contributed by atoms with Gasteiger partial charge in [0.25, 0.3) is 0 Å². The monoisotopic (exact) mass is 373 g/mol. The summed E-state index contributed by atoms with van der Waals surface area (Å²) in [6, 6.07) is 6.61. The van der Waals surface area contributed by atoms with E-state index >= 15 is 0 Å². The Bertz CT molecular complexity index is 792. The predicted molar refractivity (Wildman–Crippen MR) is 85.5 cm³/mol. The van der Waals surface area contributed by atoms with Crippen molar-refractivity contribution in [2.45, 2.75) is 32.5 Å². The smallest absolute Gasteiger partial charge is 0.413 e. The first-order chi connectivity index (χ1) is 12.0. The molecule has 0 radical (unpaired) electrons. The highest BCUT2D eigenvalue weighted by molar-refractivity contribution is 6.03. The normalized spacial score (nSPS) is 12.1. The summed E-state index contributed by atoms with van der Waals surface area (Å²) in [5, 5.41) is 0.456. The van der Waals surface area contributed by atoms with Crippen LogP contribution in [0.2, 0.25) is 0 Å². The van der Waals surface area contributed by atoms with Crippen molar-refractivity contribution in [1.82, 2.24) is 4.90 Å². The minimum Gasteiger partial charge on any atom is -0.463 e. The number of furan rings is 1. The molecule has 2 rings (SSSR count). The summed E-state index contributed by atoms with van der Waals surface area (Å²) >= 11 is 0. The van der Waals surface area contributed by atoms with Gasteiger partial charge in [-0.25, -0.2) is 9.59 Å². The van der Waals surface area contributed by atoms with Crippen molar-refractivity contribution in [3.63, 3.8) is 0 Å². The fourth-order valence-electron chi connectivity index (χ4n) is 2.06. The van der Waals surface area contributed by atoms with Gasteiger partial charge in [0, 0.05) is 5.39 Å². The molecule has 1 amide bonds. The van der Waals surface area contributed by atoms with Crippen molar-refractivity contribution in [1.29, 1.82) is 0 Å². The lowest BCUT2D eigenvalue weighted by molar-refractivity contribution is -0.151. The summed E-state index contributed by atoms with van der Waals surface area (Å²) in [5.74, 6) is -0.911. The number of rotatable bonds is 4. The van der Waals surface area contributed by atoms with Gasteiger partial charge in [0.05, 0.1) is 0 Å². The molecule has 0 saturated heterocycles. The lowest BCUT2D eigenvalue weighted by Gasteiger charge is -2.27. The summed E-state index contributed by atoms with van der Waals surface area (Å²) in [6.07, 6.45) is -4.76. The van der Waals surface area contributed by atoms with Gasteiger partial charge in [-0.15, -0.1) is 0 Å². The van der Waals surface area contributed by atoms with Gasteiger partial charge in [0.15, 0.2) is 6.73 Å². The first-order valence-electron chi connectivity index (χ1n) is 7.64. The van der Waals surface area contributed by atoms with E-state index in [1.165, 1.54) is 20.8 Å². The number of carbonyl (C=O) groups excluding carboxylic acids is 2. The van der Waals surface area contributed by atoms with Crippen LogP contribution in [-0.4, -0.2) is 42.0 Å². The molecule has 142 valence electrons. The molecule has 1 aromatic heterocycles. The molecule has 0 unspecified atom stereocenters. The van der Waals surface area contributed by atoms with E-state index in [2.05, 4.69) is 0 Å². The Labute approximate surface area is 147 Å². The van der Waals surface area contributed by atoms with E-state index in [9.17, 15) is 22.8 Å². The lowest BCUT2D eigenvalue weighted by Crippen LogP contribution is -2.43. The second-order valence-corrected chi connectivity index (χ2v) is 6.50. The molecule has 1 aromatic carbocycles. The molecule has 0 fully saturated rings. The fraction of sp³-hybridized carbons (Fsp3) is 0.412. The average molecular weight is 373 g/mol. The predicted octanol–water partition coefficient (Wildman–Crippen LogP) is 4.35. The highest BCUT2D eigenvalue weighted by Gasteiger charge is 2.35. The molecule has 0 aliphatic carbocycles. The van der Waals surface area contributed by atoms with Gasteiger partial charge in [-0.3, -0.25) is 4.90 Å². The van der Waals surface area contributed by atoms with E-state index < -0.39 is 37.1 Å². The van der Waals surface area contributed by atoms with Crippen molar-refractivity contribution in [3.05, 3.63) is 36.1 Å². The molecule has 0 saturated carbocycles. The van der Waals surface area contributed by atoms with Gasteiger partial charge in [-0.2, -0.15) is 13.2 Å². The summed E-state index contributed by atoms with van der Waals surface area (Å²) in [4.78, 5) is 24.4. The molecule has 0 aliphatic rings. The maximum atomic E-state index is 12.7. The Kier molecular flexibility index (Phi) is 5.48. The van der Waals surface area contributed by atoms with E-state index in [4.69, 9.17) is 13.9 Å². The van der Waals surface area contributed by atoms with Crippen molar-refractivity contribution in [2.75, 3.05) is 13.3 Å². The van der Waals surface area contributed by atoms with E-state index in [1.54, 1.807) is 24.3 Å². The van der Waals surface area contributed by atoms with Crippen LogP contribution >= 0.6 is 0 Å². The molecule has 0 spiro atoms. The number of fused-ring (bicyclic) bond motifs is 1. The van der Waals surface area contributed by atoms with E-state index in [0.29, 0.717) is 11.0 Å². The molecule has 0 atom stereocenters. The Morgan fingerprint density at radius 3 is 2.42 bits per heavy atom. The molecule has 2 aromatic rings. The van der Waals surface area contributed by atoms with E-state index in [-0.39, 0.29) is 10.5 Å². The molecule has 26 heavy (non-hydrogen) atoms. The van der Waals surface area contributed by atoms with Crippen LogP contribution < -0.4 is 0 Å². The molecular weight excluding hydrogens is 355 g/mol. The van der Waals surface area contributed by atoms with Crippen molar-refractivity contribution >= 4 is 23.0 Å². The van der Waals surface area contributed by atoms with Crippen LogP contribution in [0.15, 0.2) is 34.9 Å². The Morgan fingerprint density at radius 1 is 1.15 bits per heavy atom. The molecule has 0 N–H and O–H groups in total. The van der Waals surface area contributed by atoms with Gasteiger partial charge in [-0.05, 0) is 26.8 Å². The second kappa shape index (κ2) is 7.27. The average Bonchev–Trinajstić information content (AvgIpc) is 2.92. The minimum absolute atomic E-state index is 0.0525. The number of benzene rings is 1. The third-order valence-electron chi connectivity index (χ3n) is 3.07. The Hall–Kier alpha value is -2.71. The van der Waals surface area contributed by atoms with E-state index in [1.807, 2.05) is 0 Å². The van der Waals surface area contributed by atoms with Gasteiger partial charge < -0.3 is 13.9 Å². The number of carbonyl (C=O) groups is 2. The molecule has 0 aliphatic heterocycles. The number of hydrogen-bond acceptors (Lipinski definition) is 5. The fourth-order valence-corrected chi connectivity index (χ4v) is 2.06. The number of para-hydroxylation sites is 1. The number of ether oxygens (including phenoxy) is 2. The summed E-state index contributed by atoms with van der Waals surface area (Å²) in [5.41, 5.74) is -0.512. The van der Waals surface area contributed by atoms with Crippen molar-refractivity contribution in [2.24, 2.45) is 0 Å². The molecule has 9 heteroatoms. The van der Waals surface area contributed by atoms with Crippen LogP contribution in [0, 0.1) is 0 Å². The summed E-state index contributed by atoms with van der Waals surface area (Å²) < 4.78 is 53.1. The van der Waals surface area contributed by atoms with Gasteiger partial charge >= 0.3 is 18.2 Å². The number of esters is 1. The Balaban J connectivity index is 2.10. The first kappa shape index (κ1) is 19.6. The highest BCUT2D eigenvalue weighted by atomic mass is 19.4. The van der Waals surface area contributed by atoms with Crippen LogP contribution in [0.3, 0.4) is 0 Å². The number of amides is 1. The standard InChI is InChI=1S/C17H18F3NO5/c1-16(2,3)26-15(23)21(9-17(18,19)20)10-25-14(22)12-8-24-13-7-5-4-6-11(12)13/h4-8H,9-10H2,1-3H3. The van der Waals surface area contributed by atoms with Crippen LogP contribution in [-0.2, 0) is 9.47 Å². The number of halogens is 3. The quantitative estimate of drug-likeness (QED) is 0.589. The topological polar surface area (TPSA) is 69.0 Å². The van der Waals surface area contributed by atoms with Crippen molar-refractivity contribution in [3.8, 4) is 0 Å². The molecular formula is C17H18F3NO5. The third-order valence-corrected chi connectivity index (χ3v) is 3.07. The zero-order valence-corrected chi connectivity index (χ0v) is 14.4. The number of alkyl halides is 3. The summed E-state index contributed by atoms with van der Waals surface area (Å²) in [7, 11) is 0. The van der Waals surface area contributed by atoms with Crippen LogP contribution in [0.25, 0.3) is 11.0 Å². The van der Waals surface area contributed by atoms with Gasteiger partial charge in [0.2, 0.25) is 0 Å². The second-order valence-electron chi connectivity index (χ2n) is 6.50. The third kappa shape index (κ3) is 5.40. The highest BCUT2D eigenvalue weighted by Crippen LogP contribution is 2.22. The summed E-state index contributed by atoms with van der Waals surface area (Å²) in [6.45, 7) is 2.02. The zero-order chi connectivity index (χ0) is 19.5. The minimum atomic E-state index is -4.67. The number of nitrogens with zero attached hydrogens (tertiary/aromatic N) is 1. The largest absolute Gasteiger partial charge is 0.463 e. The van der Waals surface area contributed by atoms with Crippen molar-refractivity contribution < 1.29 is 36.7 Å².